The summed E-state index contributed by atoms with van der Waals surface area (Å²) in [6.45, 7) is 4.85. The molecule has 0 spiro atoms. The van der Waals surface area contributed by atoms with E-state index in [4.69, 9.17) is 4.74 Å². The molecule has 6 nitrogen and oxygen atoms in total. The van der Waals surface area contributed by atoms with Gasteiger partial charge in [0.15, 0.2) is 12.4 Å². The smallest absolute Gasteiger partial charge is 0.260 e. The molecule has 1 fully saturated rings. The second-order valence-corrected chi connectivity index (χ2v) is 7.11. The number of hydrogen-bond donors (Lipinski definition) is 0. The van der Waals surface area contributed by atoms with Crippen molar-refractivity contribution < 1.29 is 9.53 Å². The molecule has 2 heterocycles. The molecule has 4 rings (SSSR count). The highest BCUT2D eigenvalue weighted by atomic mass is 16.5. The Morgan fingerprint density at radius 2 is 1.62 bits per heavy atom. The van der Waals surface area contributed by atoms with Crippen LogP contribution in [0.4, 0.5) is 5.82 Å². The van der Waals surface area contributed by atoms with Crippen LogP contribution in [0.15, 0.2) is 66.7 Å². The van der Waals surface area contributed by atoms with Gasteiger partial charge in [-0.05, 0) is 31.2 Å². The number of amides is 1. The van der Waals surface area contributed by atoms with Gasteiger partial charge in [-0.1, -0.05) is 48.0 Å². The molecular weight excluding hydrogens is 364 g/mol. The second-order valence-electron chi connectivity index (χ2n) is 7.11. The van der Waals surface area contributed by atoms with E-state index < -0.39 is 0 Å². The fourth-order valence-corrected chi connectivity index (χ4v) is 3.31. The first-order valence-corrected chi connectivity index (χ1v) is 9.80. The summed E-state index contributed by atoms with van der Waals surface area (Å²) in [7, 11) is 0. The van der Waals surface area contributed by atoms with Gasteiger partial charge in [0.1, 0.15) is 5.75 Å². The van der Waals surface area contributed by atoms with Crippen LogP contribution in [0.1, 0.15) is 5.56 Å². The number of aryl methyl sites for hydroxylation is 1. The normalized spacial score (nSPS) is 14.0. The average Bonchev–Trinajstić information content (AvgIpc) is 2.79. The van der Waals surface area contributed by atoms with Crippen LogP contribution in [0, 0.1) is 6.92 Å². The Kier molecular flexibility index (Phi) is 5.70. The highest BCUT2D eigenvalue weighted by molar-refractivity contribution is 5.78. The van der Waals surface area contributed by atoms with Crippen molar-refractivity contribution in [1.82, 2.24) is 15.1 Å². The minimum absolute atomic E-state index is 0.00994. The Bertz CT molecular complexity index is 935. The van der Waals surface area contributed by atoms with Crippen LogP contribution in [0.25, 0.3) is 11.3 Å². The zero-order chi connectivity index (χ0) is 20.1. The van der Waals surface area contributed by atoms with E-state index in [1.165, 1.54) is 5.56 Å². The molecule has 1 saturated heterocycles. The van der Waals surface area contributed by atoms with Crippen molar-refractivity contribution in [3.63, 3.8) is 0 Å². The van der Waals surface area contributed by atoms with E-state index >= 15 is 0 Å². The van der Waals surface area contributed by atoms with Gasteiger partial charge in [0.25, 0.3) is 5.91 Å². The fourth-order valence-electron chi connectivity index (χ4n) is 3.31. The number of aromatic nitrogens is 2. The number of ether oxygens (including phenoxy) is 1. The Morgan fingerprint density at radius 1 is 0.897 bits per heavy atom. The number of nitrogens with zero attached hydrogens (tertiary/aromatic N) is 4. The van der Waals surface area contributed by atoms with Gasteiger partial charge in [-0.3, -0.25) is 4.79 Å². The lowest BCUT2D eigenvalue weighted by Crippen LogP contribution is -2.50. The largest absolute Gasteiger partial charge is 0.484 e. The van der Waals surface area contributed by atoms with Crippen LogP contribution >= 0.6 is 0 Å². The van der Waals surface area contributed by atoms with Gasteiger partial charge in [0, 0.05) is 31.7 Å². The third kappa shape index (κ3) is 4.71. The van der Waals surface area contributed by atoms with Gasteiger partial charge >= 0.3 is 0 Å². The van der Waals surface area contributed by atoms with Crippen LogP contribution in [0.2, 0.25) is 0 Å². The molecule has 1 aliphatic heterocycles. The van der Waals surface area contributed by atoms with Gasteiger partial charge < -0.3 is 14.5 Å². The third-order valence-electron chi connectivity index (χ3n) is 5.06. The maximum Gasteiger partial charge on any atom is 0.260 e. The SMILES string of the molecule is Cc1ccc(OCC(=O)N2CCN(c3ccc(-c4ccccc4)nn3)CC2)cc1. The van der Waals surface area contributed by atoms with Crippen LogP contribution in [0.3, 0.4) is 0 Å². The molecule has 0 aliphatic carbocycles. The number of carbonyl (C=O) groups is 1. The van der Waals surface area contributed by atoms with E-state index in [2.05, 4.69) is 15.1 Å². The quantitative estimate of drug-likeness (QED) is 0.672. The molecule has 0 bridgehead atoms. The van der Waals surface area contributed by atoms with Gasteiger partial charge in [0.05, 0.1) is 5.69 Å². The van der Waals surface area contributed by atoms with Crippen molar-refractivity contribution in [2.75, 3.05) is 37.7 Å². The van der Waals surface area contributed by atoms with E-state index in [0.29, 0.717) is 13.1 Å². The summed E-state index contributed by atoms with van der Waals surface area (Å²) in [5.41, 5.74) is 3.08. The van der Waals surface area contributed by atoms with Crippen molar-refractivity contribution in [3.05, 3.63) is 72.3 Å². The summed E-state index contributed by atoms with van der Waals surface area (Å²) < 4.78 is 5.62. The van der Waals surface area contributed by atoms with Crippen molar-refractivity contribution >= 4 is 11.7 Å². The van der Waals surface area contributed by atoms with Gasteiger partial charge in [0.2, 0.25) is 0 Å². The van der Waals surface area contributed by atoms with Crippen LogP contribution in [-0.2, 0) is 4.79 Å². The summed E-state index contributed by atoms with van der Waals surface area (Å²) in [4.78, 5) is 16.4. The lowest BCUT2D eigenvalue weighted by molar-refractivity contribution is -0.133. The first kappa shape index (κ1) is 18.9. The topological polar surface area (TPSA) is 58.6 Å². The number of piperazine rings is 1. The van der Waals surface area contributed by atoms with Crippen molar-refractivity contribution in [1.29, 1.82) is 0 Å². The molecule has 6 heteroatoms. The minimum Gasteiger partial charge on any atom is -0.484 e. The van der Waals surface area contributed by atoms with Gasteiger partial charge in [-0.2, -0.15) is 0 Å². The molecule has 148 valence electrons. The molecule has 2 aromatic carbocycles. The van der Waals surface area contributed by atoms with Crippen molar-refractivity contribution in [2.24, 2.45) is 0 Å². The monoisotopic (exact) mass is 388 g/mol. The predicted octanol–water partition coefficient (Wildman–Crippen LogP) is 3.18. The molecule has 0 radical (unpaired) electrons. The van der Waals surface area contributed by atoms with Crippen molar-refractivity contribution in [3.8, 4) is 17.0 Å². The molecule has 1 amide bonds. The lowest BCUT2D eigenvalue weighted by Gasteiger charge is -2.35. The van der Waals surface area contributed by atoms with Crippen LogP contribution in [0.5, 0.6) is 5.75 Å². The summed E-state index contributed by atoms with van der Waals surface area (Å²) >= 11 is 0. The van der Waals surface area contributed by atoms with Gasteiger partial charge in [-0.25, -0.2) is 0 Å². The Hall–Kier alpha value is -3.41. The Morgan fingerprint density at radius 3 is 2.28 bits per heavy atom. The second kappa shape index (κ2) is 8.73. The molecule has 0 N–H and O–H groups in total. The molecule has 29 heavy (non-hydrogen) atoms. The summed E-state index contributed by atoms with van der Waals surface area (Å²) in [6.07, 6.45) is 0. The highest BCUT2D eigenvalue weighted by Gasteiger charge is 2.22. The van der Waals surface area contributed by atoms with E-state index in [1.807, 2.05) is 78.6 Å². The standard InChI is InChI=1S/C23H24N4O2/c1-18-7-9-20(10-8-18)29-17-23(28)27-15-13-26(14-16-27)22-12-11-21(24-25-22)19-5-3-2-4-6-19/h2-12H,13-17H2,1H3. The Labute approximate surface area is 170 Å². The van der Waals surface area contributed by atoms with E-state index in [0.717, 1.165) is 35.9 Å². The first-order valence-electron chi connectivity index (χ1n) is 9.80. The molecule has 0 unspecified atom stereocenters. The van der Waals surface area contributed by atoms with E-state index in [9.17, 15) is 4.79 Å². The third-order valence-corrected chi connectivity index (χ3v) is 5.06. The average molecular weight is 388 g/mol. The fraction of sp³-hybridized carbons (Fsp3) is 0.261. The Balaban J connectivity index is 1.28. The highest BCUT2D eigenvalue weighted by Crippen LogP contribution is 2.19. The van der Waals surface area contributed by atoms with Gasteiger partial charge in [-0.15, -0.1) is 10.2 Å². The zero-order valence-electron chi connectivity index (χ0n) is 16.5. The number of rotatable bonds is 5. The molecule has 1 aliphatic rings. The van der Waals surface area contributed by atoms with E-state index in [-0.39, 0.29) is 12.5 Å². The number of anilines is 1. The predicted molar refractivity (Wildman–Crippen MR) is 113 cm³/mol. The number of benzene rings is 2. The van der Waals surface area contributed by atoms with Crippen molar-refractivity contribution in [2.45, 2.75) is 6.92 Å². The molecule has 0 atom stereocenters. The van der Waals surface area contributed by atoms with Crippen LogP contribution in [-0.4, -0.2) is 53.8 Å². The number of hydrogen-bond acceptors (Lipinski definition) is 5. The minimum atomic E-state index is 0.00994. The maximum atomic E-state index is 12.4. The first-order chi connectivity index (χ1) is 14.2. The van der Waals surface area contributed by atoms with E-state index in [1.54, 1.807) is 0 Å². The zero-order valence-corrected chi connectivity index (χ0v) is 16.5. The molecule has 1 aromatic heterocycles. The molecule has 0 saturated carbocycles. The lowest BCUT2D eigenvalue weighted by atomic mass is 10.1. The van der Waals surface area contributed by atoms with Crippen LogP contribution < -0.4 is 9.64 Å². The summed E-state index contributed by atoms with van der Waals surface area (Å²) in [6, 6.07) is 21.7. The summed E-state index contributed by atoms with van der Waals surface area (Å²) in [5, 5.41) is 8.73. The molecule has 3 aromatic rings. The number of carbonyl (C=O) groups excluding carboxylic acids is 1. The molecular formula is C23H24N4O2. The maximum absolute atomic E-state index is 12.4. The summed E-state index contributed by atoms with van der Waals surface area (Å²) in [5.74, 6) is 1.57.